The summed E-state index contributed by atoms with van der Waals surface area (Å²) in [5.41, 5.74) is 8.10. The molecular formula is C18H29N3O3. The highest BCUT2D eigenvalue weighted by Gasteiger charge is 2.16. The molecule has 1 heterocycles. The van der Waals surface area contributed by atoms with Crippen molar-refractivity contribution in [3.8, 4) is 5.75 Å². The Morgan fingerprint density at radius 2 is 2.33 bits per heavy atom. The van der Waals surface area contributed by atoms with E-state index in [1.165, 1.54) is 0 Å². The van der Waals surface area contributed by atoms with Crippen LogP contribution in [0.1, 0.15) is 30.9 Å². The summed E-state index contributed by atoms with van der Waals surface area (Å²) in [5.74, 6) is 1.26. The largest absolute Gasteiger partial charge is 0.491 e. The molecule has 2 unspecified atom stereocenters. The molecule has 0 saturated carbocycles. The van der Waals surface area contributed by atoms with E-state index in [4.69, 9.17) is 19.9 Å². The average Bonchev–Trinajstić information content (AvgIpc) is 3.05. The number of nitrogens with one attached hydrogen (secondary N) is 1. The first-order chi connectivity index (χ1) is 11.6. The van der Waals surface area contributed by atoms with Gasteiger partial charge in [-0.3, -0.25) is 0 Å². The van der Waals surface area contributed by atoms with E-state index in [1.54, 1.807) is 7.11 Å². The maximum atomic E-state index is 5.98. The van der Waals surface area contributed by atoms with Crippen molar-refractivity contribution in [1.82, 2.24) is 5.32 Å². The van der Waals surface area contributed by atoms with Gasteiger partial charge >= 0.3 is 0 Å². The molecule has 1 aliphatic heterocycles. The smallest absolute Gasteiger partial charge is 0.189 e. The Morgan fingerprint density at radius 1 is 1.50 bits per heavy atom. The number of nitrogens with two attached hydrogens (primary N) is 1. The molecule has 1 aromatic rings. The minimum Gasteiger partial charge on any atom is -0.491 e. The van der Waals surface area contributed by atoms with Crippen LogP contribution in [0, 0.1) is 6.92 Å². The van der Waals surface area contributed by atoms with Crippen LogP contribution in [0.3, 0.4) is 0 Å². The highest BCUT2D eigenvalue weighted by molar-refractivity contribution is 5.78. The molecule has 1 aliphatic rings. The molecule has 0 aliphatic carbocycles. The van der Waals surface area contributed by atoms with Gasteiger partial charge in [0.15, 0.2) is 5.96 Å². The van der Waals surface area contributed by atoms with Crippen molar-refractivity contribution in [2.45, 2.75) is 45.4 Å². The van der Waals surface area contributed by atoms with Gasteiger partial charge in [0.05, 0.1) is 19.3 Å². The van der Waals surface area contributed by atoms with E-state index in [-0.39, 0.29) is 12.1 Å². The summed E-state index contributed by atoms with van der Waals surface area (Å²) in [6.07, 6.45) is 2.37. The van der Waals surface area contributed by atoms with Gasteiger partial charge in [0.2, 0.25) is 0 Å². The first-order valence-corrected chi connectivity index (χ1v) is 8.47. The molecule has 0 amide bonds. The Bertz CT molecular complexity index is 542. The minimum atomic E-state index is 0.118. The molecule has 6 heteroatoms. The molecule has 1 fully saturated rings. The second-order valence-electron chi connectivity index (χ2n) is 6.26. The zero-order valence-corrected chi connectivity index (χ0v) is 14.9. The van der Waals surface area contributed by atoms with Gasteiger partial charge in [-0.05, 0) is 38.3 Å². The van der Waals surface area contributed by atoms with Crippen LogP contribution < -0.4 is 15.8 Å². The van der Waals surface area contributed by atoms with Crippen molar-refractivity contribution in [3.63, 3.8) is 0 Å². The van der Waals surface area contributed by atoms with E-state index >= 15 is 0 Å². The average molecular weight is 335 g/mol. The lowest BCUT2D eigenvalue weighted by molar-refractivity contribution is 0.0676. The first kappa shape index (κ1) is 18.5. The number of benzene rings is 1. The van der Waals surface area contributed by atoms with Crippen molar-refractivity contribution in [2.24, 2.45) is 10.7 Å². The van der Waals surface area contributed by atoms with Gasteiger partial charge < -0.3 is 25.3 Å². The van der Waals surface area contributed by atoms with Crippen LogP contribution in [-0.4, -0.2) is 45.0 Å². The molecule has 0 radical (unpaired) electrons. The van der Waals surface area contributed by atoms with Gasteiger partial charge in [0.25, 0.3) is 0 Å². The summed E-state index contributed by atoms with van der Waals surface area (Å²) >= 11 is 0. The van der Waals surface area contributed by atoms with Crippen molar-refractivity contribution in [3.05, 3.63) is 29.3 Å². The summed E-state index contributed by atoms with van der Waals surface area (Å²) in [6, 6.07) is 6.25. The zero-order chi connectivity index (χ0) is 17.4. The molecule has 6 nitrogen and oxygen atoms in total. The fourth-order valence-corrected chi connectivity index (χ4v) is 2.65. The number of rotatable bonds is 8. The molecule has 0 aromatic heterocycles. The summed E-state index contributed by atoms with van der Waals surface area (Å²) in [7, 11) is 1.66. The number of aryl methyl sites for hydroxylation is 1. The third-order valence-corrected chi connectivity index (χ3v) is 3.90. The second-order valence-corrected chi connectivity index (χ2v) is 6.26. The highest BCUT2D eigenvalue weighted by atomic mass is 16.5. The standard InChI is InChI=1S/C18H29N3O3/c1-13-6-7-15(10-20-18(19)21-14(2)11-22-3)17(9-13)24-12-16-5-4-8-23-16/h6-7,9,14,16H,4-5,8,10-12H2,1-3H3,(H3,19,20,21). The maximum absolute atomic E-state index is 5.98. The van der Waals surface area contributed by atoms with Crippen molar-refractivity contribution < 1.29 is 14.2 Å². The molecule has 0 bridgehead atoms. The maximum Gasteiger partial charge on any atom is 0.189 e. The number of hydrogen-bond acceptors (Lipinski definition) is 4. The van der Waals surface area contributed by atoms with Crippen LogP contribution in [0.4, 0.5) is 0 Å². The van der Waals surface area contributed by atoms with Gasteiger partial charge in [-0.1, -0.05) is 12.1 Å². The molecule has 1 saturated heterocycles. The zero-order valence-electron chi connectivity index (χ0n) is 14.9. The third-order valence-electron chi connectivity index (χ3n) is 3.90. The minimum absolute atomic E-state index is 0.118. The second kappa shape index (κ2) is 9.49. The van der Waals surface area contributed by atoms with Crippen LogP contribution in [0.5, 0.6) is 5.75 Å². The number of nitrogens with zero attached hydrogens (tertiary/aromatic N) is 1. The normalized spacial score (nSPS) is 19.3. The Kier molecular flexibility index (Phi) is 7.34. The van der Waals surface area contributed by atoms with Gasteiger partial charge in [-0.15, -0.1) is 0 Å². The lowest BCUT2D eigenvalue weighted by atomic mass is 10.1. The number of methoxy groups -OCH3 is 1. The summed E-state index contributed by atoms with van der Waals surface area (Å²) in [5, 5.41) is 3.10. The molecule has 134 valence electrons. The Morgan fingerprint density at radius 3 is 3.04 bits per heavy atom. The first-order valence-electron chi connectivity index (χ1n) is 8.47. The van der Waals surface area contributed by atoms with Crippen LogP contribution in [0.2, 0.25) is 0 Å². The fourth-order valence-electron chi connectivity index (χ4n) is 2.65. The summed E-state index contributed by atoms with van der Waals surface area (Å²) in [6.45, 7) is 6.51. The van der Waals surface area contributed by atoms with Crippen molar-refractivity contribution >= 4 is 5.96 Å². The Labute approximate surface area is 144 Å². The Balaban J connectivity index is 1.95. The van der Waals surface area contributed by atoms with Crippen LogP contribution in [0.15, 0.2) is 23.2 Å². The van der Waals surface area contributed by atoms with Crippen molar-refractivity contribution in [1.29, 1.82) is 0 Å². The molecule has 0 spiro atoms. The van der Waals surface area contributed by atoms with Gasteiger partial charge in [0.1, 0.15) is 12.4 Å². The number of hydrogen-bond donors (Lipinski definition) is 2. The highest BCUT2D eigenvalue weighted by Crippen LogP contribution is 2.23. The fraction of sp³-hybridized carbons (Fsp3) is 0.611. The summed E-state index contributed by atoms with van der Waals surface area (Å²) < 4.78 is 16.7. The topological polar surface area (TPSA) is 78.1 Å². The molecular weight excluding hydrogens is 306 g/mol. The van der Waals surface area contributed by atoms with Crippen LogP contribution >= 0.6 is 0 Å². The van der Waals surface area contributed by atoms with E-state index < -0.39 is 0 Å². The van der Waals surface area contributed by atoms with Gasteiger partial charge in [0, 0.05) is 25.3 Å². The predicted octanol–water partition coefficient (Wildman–Crippen LogP) is 1.99. The number of ether oxygens (including phenoxy) is 3. The van der Waals surface area contributed by atoms with Crippen molar-refractivity contribution in [2.75, 3.05) is 26.9 Å². The molecule has 3 N–H and O–H groups in total. The van der Waals surface area contributed by atoms with Crippen LogP contribution in [0.25, 0.3) is 0 Å². The van der Waals surface area contributed by atoms with E-state index in [9.17, 15) is 0 Å². The van der Waals surface area contributed by atoms with Gasteiger partial charge in [-0.2, -0.15) is 0 Å². The third kappa shape index (κ3) is 6.02. The lowest BCUT2D eigenvalue weighted by Gasteiger charge is -2.16. The SMILES string of the molecule is COCC(C)NC(N)=NCc1ccc(C)cc1OCC1CCCO1. The van der Waals surface area contributed by atoms with E-state index in [1.807, 2.05) is 26.0 Å². The molecule has 2 atom stereocenters. The van der Waals surface area contributed by atoms with E-state index in [2.05, 4.69) is 16.4 Å². The quantitative estimate of drug-likeness (QED) is 0.561. The monoisotopic (exact) mass is 335 g/mol. The molecule has 24 heavy (non-hydrogen) atoms. The Hall–Kier alpha value is -1.79. The number of guanidine groups is 1. The number of aliphatic imine (C=N–C) groups is 1. The van der Waals surface area contributed by atoms with E-state index in [0.29, 0.717) is 25.7 Å². The lowest BCUT2D eigenvalue weighted by Crippen LogP contribution is -2.40. The van der Waals surface area contributed by atoms with Gasteiger partial charge in [-0.25, -0.2) is 4.99 Å². The summed E-state index contributed by atoms with van der Waals surface area (Å²) in [4.78, 5) is 4.40. The predicted molar refractivity (Wildman–Crippen MR) is 95.4 cm³/mol. The molecule has 2 rings (SSSR count). The van der Waals surface area contributed by atoms with E-state index in [0.717, 1.165) is 36.3 Å². The van der Waals surface area contributed by atoms with Crippen LogP contribution in [-0.2, 0) is 16.0 Å². The molecule has 1 aromatic carbocycles.